The third kappa shape index (κ3) is 64.8. The molecule has 0 radical (unpaired) electrons. The Kier molecular flexibility index (Phi) is 63.3. The van der Waals surface area contributed by atoms with Gasteiger partial charge in [-0.3, -0.25) is 14.4 Å². The highest BCUT2D eigenvalue weighted by molar-refractivity contribution is 5.71. The minimum Gasteiger partial charge on any atom is -0.462 e. The van der Waals surface area contributed by atoms with Crippen molar-refractivity contribution in [2.24, 2.45) is 0 Å². The Hall–Kier alpha value is -3.93. The van der Waals surface area contributed by atoms with Crippen molar-refractivity contribution in [3.05, 3.63) is 109 Å². The lowest BCUT2D eigenvalue weighted by Crippen LogP contribution is -2.30. The van der Waals surface area contributed by atoms with Crippen molar-refractivity contribution in [2.75, 3.05) is 13.2 Å². The van der Waals surface area contributed by atoms with Gasteiger partial charge in [0.15, 0.2) is 6.10 Å². The molecule has 0 aliphatic rings. The van der Waals surface area contributed by atoms with Crippen LogP contribution in [0.1, 0.15) is 316 Å². The van der Waals surface area contributed by atoms with Crippen LogP contribution in [-0.4, -0.2) is 37.2 Å². The molecular formula is C73H124O6. The van der Waals surface area contributed by atoms with Crippen molar-refractivity contribution < 1.29 is 28.6 Å². The number of carbonyl (C=O) groups excluding carboxylic acids is 3. The highest BCUT2D eigenvalue weighted by Crippen LogP contribution is 2.17. The van der Waals surface area contributed by atoms with Gasteiger partial charge >= 0.3 is 17.9 Å². The monoisotopic (exact) mass is 1100 g/mol. The van der Waals surface area contributed by atoms with Crippen molar-refractivity contribution in [3.8, 4) is 0 Å². The first kappa shape index (κ1) is 75.1. The fraction of sp³-hybridized carbons (Fsp3) is 0.712. The maximum atomic E-state index is 12.9. The first-order valence-electron chi connectivity index (χ1n) is 33.4. The molecule has 0 aliphatic heterocycles. The zero-order valence-corrected chi connectivity index (χ0v) is 51.9. The average Bonchev–Trinajstić information content (AvgIpc) is 3.45. The summed E-state index contributed by atoms with van der Waals surface area (Å²) in [6.45, 7) is 6.48. The van der Waals surface area contributed by atoms with Crippen LogP contribution in [0.3, 0.4) is 0 Å². The Morgan fingerprint density at radius 3 is 0.823 bits per heavy atom. The van der Waals surface area contributed by atoms with Crippen molar-refractivity contribution in [1.29, 1.82) is 0 Å². The number of carbonyl (C=O) groups is 3. The van der Waals surface area contributed by atoms with E-state index in [9.17, 15) is 14.4 Å². The molecule has 6 heteroatoms. The molecule has 0 heterocycles. The molecule has 1 atom stereocenters. The van der Waals surface area contributed by atoms with Crippen LogP contribution in [-0.2, 0) is 28.6 Å². The highest BCUT2D eigenvalue weighted by atomic mass is 16.6. The van der Waals surface area contributed by atoms with E-state index in [-0.39, 0.29) is 31.6 Å². The standard InChI is InChI=1S/C73H124O6/c1-4-7-10-13-16-19-22-25-28-31-34-35-36-37-40-42-45-48-51-54-57-60-63-66-72(75)78-69-70(79-73(76)67-64-61-58-55-52-49-46-43-39-33-30-27-24-21-18-15-12-9-6-3)68-77-71(74)65-62-59-56-53-50-47-44-41-38-32-29-26-23-20-17-14-11-8-5-2/h9,12,18,21-22,25,27,30-31,34,36-37,39,43,49,52,58,61,70H,4-8,10-11,13-17,19-20,23-24,26,28-29,32-33,35,38,40-42,44-48,50-51,53-57,59-60,62-69H2,1-3H3/b12-9-,21-18-,25-22-,30-27-,34-31-,37-36-,43-39-,52-49-,61-58-. The molecule has 0 aromatic carbocycles. The summed E-state index contributed by atoms with van der Waals surface area (Å²) in [4.78, 5) is 38.4. The van der Waals surface area contributed by atoms with Gasteiger partial charge in [-0.15, -0.1) is 0 Å². The molecule has 452 valence electrons. The van der Waals surface area contributed by atoms with Crippen molar-refractivity contribution >= 4 is 17.9 Å². The topological polar surface area (TPSA) is 78.9 Å². The lowest BCUT2D eigenvalue weighted by atomic mass is 10.0. The number of esters is 3. The van der Waals surface area contributed by atoms with Gasteiger partial charge in [0.2, 0.25) is 0 Å². The summed E-state index contributed by atoms with van der Waals surface area (Å²) < 4.78 is 16.9. The molecule has 79 heavy (non-hydrogen) atoms. The third-order valence-electron chi connectivity index (χ3n) is 14.3. The maximum absolute atomic E-state index is 12.9. The van der Waals surface area contributed by atoms with E-state index in [1.807, 2.05) is 6.08 Å². The number of ether oxygens (including phenoxy) is 3. The molecule has 0 aliphatic carbocycles. The van der Waals surface area contributed by atoms with E-state index in [2.05, 4.69) is 124 Å². The van der Waals surface area contributed by atoms with Crippen LogP contribution in [0.15, 0.2) is 109 Å². The lowest BCUT2D eigenvalue weighted by Gasteiger charge is -2.18. The predicted octanol–water partition coefficient (Wildman–Crippen LogP) is 23.0. The van der Waals surface area contributed by atoms with Gasteiger partial charge in [-0.25, -0.2) is 0 Å². The molecule has 0 N–H and O–H groups in total. The summed E-state index contributed by atoms with van der Waals surface area (Å²) >= 11 is 0. The predicted molar refractivity (Wildman–Crippen MR) is 343 cm³/mol. The number of rotatable bonds is 60. The fourth-order valence-electron chi connectivity index (χ4n) is 9.30. The van der Waals surface area contributed by atoms with Gasteiger partial charge in [-0.1, -0.05) is 310 Å². The average molecular weight is 1100 g/mol. The second kappa shape index (κ2) is 66.6. The summed E-state index contributed by atoms with van der Waals surface area (Å²) in [6.07, 6.45) is 91.1. The van der Waals surface area contributed by atoms with Crippen molar-refractivity contribution in [2.45, 2.75) is 322 Å². The molecule has 0 spiro atoms. The van der Waals surface area contributed by atoms with Crippen LogP contribution in [0.4, 0.5) is 0 Å². The van der Waals surface area contributed by atoms with E-state index in [0.29, 0.717) is 19.3 Å². The van der Waals surface area contributed by atoms with Gasteiger partial charge in [0.1, 0.15) is 13.2 Å². The van der Waals surface area contributed by atoms with Crippen molar-refractivity contribution in [1.82, 2.24) is 0 Å². The van der Waals surface area contributed by atoms with E-state index in [1.54, 1.807) is 0 Å². The van der Waals surface area contributed by atoms with Gasteiger partial charge in [0.25, 0.3) is 0 Å². The van der Waals surface area contributed by atoms with Gasteiger partial charge in [-0.2, -0.15) is 0 Å². The molecule has 0 fully saturated rings. The lowest BCUT2D eigenvalue weighted by molar-refractivity contribution is -0.166. The van der Waals surface area contributed by atoms with Crippen LogP contribution >= 0.6 is 0 Å². The Morgan fingerprint density at radius 1 is 0.266 bits per heavy atom. The van der Waals surface area contributed by atoms with Gasteiger partial charge in [0, 0.05) is 19.3 Å². The smallest absolute Gasteiger partial charge is 0.306 e. The molecule has 1 unspecified atom stereocenters. The Labute approximate surface area is 489 Å². The first-order chi connectivity index (χ1) is 39.0. The molecule has 0 saturated heterocycles. The molecule has 0 bridgehead atoms. The molecule has 0 aromatic heterocycles. The molecule has 0 saturated carbocycles. The molecular weight excluding hydrogens is 973 g/mol. The SMILES string of the molecule is CC/C=C\C/C=C\C/C=C\C/C=C\C/C=C\C/C=C\CCC(=O)OC(COC(=O)CCCCCCCCCC/C=C\C/C=C\C/C=C\CCCCCCC)COC(=O)CCCCCCCCCCCCCCCCCCCCC. The van der Waals surface area contributed by atoms with Gasteiger partial charge in [0.05, 0.1) is 0 Å². The van der Waals surface area contributed by atoms with Crippen LogP contribution in [0, 0.1) is 0 Å². The van der Waals surface area contributed by atoms with E-state index >= 15 is 0 Å². The summed E-state index contributed by atoms with van der Waals surface area (Å²) in [7, 11) is 0. The number of unbranched alkanes of at least 4 members (excludes halogenated alkanes) is 31. The number of hydrogen-bond acceptors (Lipinski definition) is 6. The summed E-state index contributed by atoms with van der Waals surface area (Å²) in [5.41, 5.74) is 0. The summed E-state index contributed by atoms with van der Waals surface area (Å²) in [5.74, 6) is -0.990. The van der Waals surface area contributed by atoms with Crippen LogP contribution < -0.4 is 0 Å². The third-order valence-corrected chi connectivity index (χ3v) is 14.3. The largest absolute Gasteiger partial charge is 0.462 e. The Morgan fingerprint density at radius 2 is 0.519 bits per heavy atom. The number of allylic oxidation sites excluding steroid dienone is 18. The zero-order chi connectivity index (χ0) is 57.1. The van der Waals surface area contributed by atoms with Crippen LogP contribution in [0.5, 0.6) is 0 Å². The maximum Gasteiger partial charge on any atom is 0.306 e. The van der Waals surface area contributed by atoms with Crippen LogP contribution in [0.2, 0.25) is 0 Å². The number of hydrogen-bond donors (Lipinski definition) is 0. The zero-order valence-electron chi connectivity index (χ0n) is 51.9. The molecule has 6 nitrogen and oxygen atoms in total. The quantitative estimate of drug-likeness (QED) is 0.0261. The van der Waals surface area contributed by atoms with Gasteiger partial charge < -0.3 is 14.2 Å². The molecule has 0 aromatic rings. The molecule has 0 amide bonds. The second-order valence-corrected chi connectivity index (χ2v) is 22.0. The normalized spacial score (nSPS) is 12.8. The van der Waals surface area contributed by atoms with E-state index in [4.69, 9.17) is 14.2 Å². The summed E-state index contributed by atoms with van der Waals surface area (Å²) in [5, 5.41) is 0. The highest BCUT2D eigenvalue weighted by Gasteiger charge is 2.19. The van der Waals surface area contributed by atoms with E-state index in [0.717, 1.165) is 96.3 Å². The van der Waals surface area contributed by atoms with Gasteiger partial charge in [-0.05, 0) is 96.3 Å². The minimum atomic E-state index is -0.824. The Balaban J connectivity index is 4.47. The minimum absolute atomic E-state index is 0.109. The fourth-order valence-corrected chi connectivity index (χ4v) is 9.30. The van der Waals surface area contributed by atoms with E-state index < -0.39 is 12.1 Å². The second-order valence-electron chi connectivity index (χ2n) is 22.0. The summed E-state index contributed by atoms with van der Waals surface area (Å²) in [6, 6.07) is 0. The van der Waals surface area contributed by atoms with E-state index in [1.165, 1.54) is 173 Å². The van der Waals surface area contributed by atoms with Crippen LogP contribution in [0.25, 0.3) is 0 Å². The Bertz CT molecular complexity index is 1590. The molecule has 0 rings (SSSR count). The van der Waals surface area contributed by atoms with Crippen molar-refractivity contribution in [3.63, 3.8) is 0 Å². The first-order valence-corrected chi connectivity index (χ1v) is 33.4.